The van der Waals surface area contributed by atoms with Gasteiger partial charge >= 0.3 is 0 Å². The molecule has 7 heteroatoms. The van der Waals surface area contributed by atoms with E-state index < -0.39 is 0 Å². The van der Waals surface area contributed by atoms with Crippen LogP contribution in [0.5, 0.6) is 5.75 Å². The Hall–Kier alpha value is -1.82. The van der Waals surface area contributed by atoms with Gasteiger partial charge in [-0.15, -0.1) is 11.3 Å². The van der Waals surface area contributed by atoms with Crippen LogP contribution < -0.4 is 4.74 Å². The van der Waals surface area contributed by atoms with Gasteiger partial charge < -0.3 is 9.64 Å². The number of carbonyl (C=O) groups is 1. The molecule has 0 unspecified atom stereocenters. The van der Waals surface area contributed by atoms with Gasteiger partial charge in [-0.1, -0.05) is 23.2 Å². The second-order valence-electron chi connectivity index (χ2n) is 5.35. The molecule has 0 aliphatic rings. The minimum absolute atomic E-state index is 0.0553. The van der Waals surface area contributed by atoms with Crippen molar-refractivity contribution >= 4 is 51.3 Å². The SMILES string of the molecule is CCN(Cc1ccc(Cl)s1)C(=O)COc1ccc(Cl)c2cccnc12. The number of thiophene rings is 1. The van der Waals surface area contributed by atoms with E-state index in [4.69, 9.17) is 27.9 Å². The predicted molar refractivity (Wildman–Crippen MR) is 103 cm³/mol. The maximum absolute atomic E-state index is 12.5. The van der Waals surface area contributed by atoms with Gasteiger partial charge in [0.25, 0.3) is 5.91 Å². The first-order chi connectivity index (χ1) is 12.1. The van der Waals surface area contributed by atoms with Gasteiger partial charge in [-0.05, 0) is 43.3 Å². The Bertz CT molecular complexity index is 898. The number of fused-ring (bicyclic) bond motifs is 1. The first-order valence-corrected chi connectivity index (χ1v) is 9.33. The predicted octanol–water partition coefficient (Wildman–Crippen LogP) is 5.03. The number of benzene rings is 1. The lowest BCUT2D eigenvalue weighted by molar-refractivity contribution is -0.133. The van der Waals surface area contributed by atoms with Crippen molar-refractivity contribution in [2.24, 2.45) is 0 Å². The summed E-state index contributed by atoms with van der Waals surface area (Å²) in [6.45, 7) is 3.00. The topological polar surface area (TPSA) is 42.4 Å². The zero-order valence-electron chi connectivity index (χ0n) is 13.5. The molecule has 0 saturated carbocycles. The summed E-state index contributed by atoms with van der Waals surface area (Å²) in [5.74, 6) is 0.453. The first kappa shape index (κ1) is 18.0. The lowest BCUT2D eigenvalue weighted by atomic mass is 10.2. The van der Waals surface area contributed by atoms with Crippen molar-refractivity contribution in [1.82, 2.24) is 9.88 Å². The molecule has 2 heterocycles. The third-order valence-electron chi connectivity index (χ3n) is 3.74. The third kappa shape index (κ3) is 4.24. The maximum Gasteiger partial charge on any atom is 0.260 e. The van der Waals surface area contributed by atoms with Crippen LogP contribution in [0.25, 0.3) is 10.9 Å². The van der Waals surface area contributed by atoms with Crippen LogP contribution >= 0.6 is 34.5 Å². The molecule has 130 valence electrons. The van der Waals surface area contributed by atoms with Crippen molar-refractivity contribution in [3.05, 3.63) is 56.8 Å². The fourth-order valence-electron chi connectivity index (χ4n) is 2.46. The summed E-state index contributed by atoms with van der Waals surface area (Å²) >= 11 is 13.6. The van der Waals surface area contributed by atoms with E-state index in [1.807, 2.05) is 31.2 Å². The lowest BCUT2D eigenvalue weighted by Crippen LogP contribution is -2.34. The monoisotopic (exact) mass is 394 g/mol. The molecular weight excluding hydrogens is 379 g/mol. The molecular formula is C18H16Cl2N2O2S. The Kier molecular flexibility index (Phi) is 5.78. The summed E-state index contributed by atoms with van der Waals surface area (Å²) in [6, 6.07) is 10.9. The fraction of sp³-hybridized carbons (Fsp3) is 0.222. The Morgan fingerprint density at radius 1 is 1.24 bits per heavy atom. The zero-order valence-corrected chi connectivity index (χ0v) is 15.9. The van der Waals surface area contributed by atoms with Gasteiger partial charge in [-0.3, -0.25) is 9.78 Å². The van der Waals surface area contributed by atoms with E-state index in [2.05, 4.69) is 4.98 Å². The van der Waals surface area contributed by atoms with Crippen LogP contribution in [0.1, 0.15) is 11.8 Å². The first-order valence-electron chi connectivity index (χ1n) is 7.76. The van der Waals surface area contributed by atoms with Gasteiger partial charge in [0.2, 0.25) is 0 Å². The molecule has 0 fully saturated rings. The lowest BCUT2D eigenvalue weighted by Gasteiger charge is -2.20. The van der Waals surface area contributed by atoms with Gasteiger partial charge in [0, 0.05) is 23.0 Å². The van der Waals surface area contributed by atoms with Crippen molar-refractivity contribution < 1.29 is 9.53 Å². The van der Waals surface area contributed by atoms with Crippen LogP contribution in [-0.2, 0) is 11.3 Å². The summed E-state index contributed by atoms with van der Waals surface area (Å²) < 4.78 is 6.44. The fourth-order valence-corrected chi connectivity index (χ4v) is 3.78. The standard InChI is InChI=1S/C18H16Cl2N2O2S/c1-2-22(10-12-5-8-16(20)25-12)17(23)11-24-15-7-6-14(19)13-4-3-9-21-18(13)15/h3-9H,2,10-11H2,1H3. The highest BCUT2D eigenvalue weighted by molar-refractivity contribution is 7.16. The average molecular weight is 395 g/mol. The van der Waals surface area contributed by atoms with Crippen molar-refractivity contribution in [1.29, 1.82) is 0 Å². The second kappa shape index (κ2) is 8.04. The third-order valence-corrected chi connectivity index (χ3v) is 5.29. The minimum atomic E-state index is -0.0916. The molecule has 0 radical (unpaired) electrons. The van der Waals surface area contributed by atoms with Crippen molar-refractivity contribution in [3.8, 4) is 5.75 Å². The van der Waals surface area contributed by atoms with Crippen LogP contribution in [0.4, 0.5) is 0 Å². The summed E-state index contributed by atoms with van der Waals surface area (Å²) in [5.41, 5.74) is 0.649. The van der Waals surface area contributed by atoms with Crippen LogP contribution in [0.2, 0.25) is 9.36 Å². The number of amides is 1. The molecule has 0 saturated heterocycles. The number of hydrogen-bond donors (Lipinski definition) is 0. The zero-order chi connectivity index (χ0) is 17.8. The van der Waals surface area contributed by atoms with Gasteiger partial charge in [0.15, 0.2) is 6.61 Å². The number of rotatable bonds is 6. The summed E-state index contributed by atoms with van der Waals surface area (Å²) in [6.07, 6.45) is 1.67. The van der Waals surface area contributed by atoms with Crippen LogP contribution in [0, 0.1) is 0 Å². The van der Waals surface area contributed by atoms with Gasteiger partial charge in [-0.2, -0.15) is 0 Å². The molecule has 0 bridgehead atoms. The number of likely N-dealkylation sites (N-methyl/N-ethyl adjacent to an activating group) is 1. The number of hydrogen-bond acceptors (Lipinski definition) is 4. The van der Waals surface area contributed by atoms with E-state index in [1.165, 1.54) is 11.3 Å². The molecule has 1 aromatic carbocycles. The molecule has 1 amide bonds. The molecule has 25 heavy (non-hydrogen) atoms. The van der Waals surface area contributed by atoms with Gasteiger partial charge in [0.1, 0.15) is 11.3 Å². The van der Waals surface area contributed by atoms with E-state index in [9.17, 15) is 4.79 Å². The number of halogens is 2. The molecule has 3 aromatic rings. The second-order valence-corrected chi connectivity index (χ2v) is 7.55. The van der Waals surface area contributed by atoms with Gasteiger partial charge in [0.05, 0.1) is 15.9 Å². The van der Waals surface area contributed by atoms with Crippen molar-refractivity contribution in [3.63, 3.8) is 0 Å². The summed E-state index contributed by atoms with van der Waals surface area (Å²) in [7, 11) is 0. The molecule has 3 rings (SSSR count). The van der Waals surface area contributed by atoms with E-state index in [0.717, 1.165) is 10.3 Å². The van der Waals surface area contributed by atoms with E-state index in [-0.39, 0.29) is 12.5 Å². The largest absolute Gasteiger partial charge is 0.481 e. The highest BCUT2D eigenvalue weighted by Gasteiger charge is 2.15. The highest BCUT2D eigenvalue weighted by Crippen LogP contribution is 2.29. The molecule has 0 spiro atoms. The summed E-state index contributed by atoms with van der Waals surface area (Å²) in [5, 5.41) is 1.40. The molecule has 0 N–H and O–H groups in total. The van der Waals surface area contributed by atoms with Gasteiger partial charge in [-0.25, -0.2) is 0 Å². The minimum Gasteiger partial charge on any atom is -0.481 e. The number of ether oxygens (including phenoxy) is 1. The number of carbonyl (C=O) groups excluding carboxylic acids is 1. The normalized spacial score (nSPS) is 10.8. The number of pyridine rings is 1. The van der Waals surface area contributed by atoms with Crippen molar-refractivity contribution in [2.75, 3.05) is 13.2 Å². The molecule has 0 atom stereocenters. The molecule has 0 aliphatic heterocycles. The van der Waals surface area contributed by atoms with Crippen LogP contribution in [0.3, 0.4) is 0 Å². The molecule has 4 nitrogen and oxygen atoms in total. The Morgan fingerprint density at radius 2 is 2.08 bits per heavy atom. The Morgan fingerprint density at radius 3 is 2.80 bits per heavy atom. The van der Waals surface area contributed by atoms with Crippen molar-refractivity contribution in [2.45, 2.75) is 13.5 Å². The van der Waals surface area contributed by atoms with Crippen LogP contribution in [0.15, 0.2) is 42.6 Å². The highest BCUT2D eigenvalue weighted by atomic mass is 35.5. The molecule has 0 aliphatic carbocycles. The smallest absolute Gasteiger partial charge is 0.260 e. The number of aromatic nitrogens is 1. The van der Waals surface area contributed by atoms with E-state index in [0.29, 0.717) is 33.7 Å². The van der Waals surface area contributed by atoms with Crippen LogP contribution in [-0.4, -0.2) is 28.9 Å². The Balaban J connectivity index is 1.70. The number of nitrogens with zero attached hydrogens (tertiary/aromatic N) is 2. The summed E-state index contributed by atoms with van der Waals surface area (Å²) in [4.78, 5) is 19.6. The maximum atomic E-state index is 12.5. The molecule has 2 aromatic heterocycles. The van der Waals surface area contributed by atoms with E-state index >= 15 is 0 Å². The average Bonchev–Trinajstić information content (AvgIpc) is 3.04. The van der Waals surface area contributed by atoms with E-state index in [1.54, 1.807) is 23.2 Å². The Labute approximate surface area is 159 Å². The quantitative estimate of drug-likeness (QED) is 0.588.